The Kier molecular flexibility index (Phi) is 7.19. The molecular weight excluding hydrogens is 331 g/mol. The number of halogens is 2. The summed E-state index contributed by atoms with van der Waals surface area (Å²) in [5.74, 6) is 0.0122. The van der Waals surface area contributed by atoms with Gasteiger partial charge in [0.2, 0.25) is 5.91 Å². The minimum atomic E-state index is -0.986. The van der Waals surface area contributed by atoms with Crippen molar-refractivity contribution in [1.82, 2.24) is 0 Å². The summed E-state index contributed by atoms with van der Waals surface area (Å²) in [7, 11) is 0. The van der Waals surface area contributed by atoms with E-state index in [1.165, 1.54) is 6.07 Å². The predicted octanol–water partition coefficient (Wildman–Crippen LogP) is 3.50. The number of carbonyl (C=O) groups excluding carboxylic acids is 1. The Bertz CT molecular complexity index is 675. The van der Waals surface area contributed by atoms with Crippen LogP contribution < -0.4 is 15.8 Å². The van der Waals surface area contributed by atoms with Crippen molar-refractivity contribution in [1.29, 1.82) is 0 Å². The lowest BCUT2D eigenvalue weighted by Gasteiger charge is -2.24. The van der Waals surface area contributed by atoms with Crippen molar-refractivity contribution in [2.75, 3.05) is 18.5 Å². The van der Waals surface area contributed by atoms with Crippen LogP contribution in [0.2, 0.25) is 0 Å². The number of ether oxygens (including phenoxy) is 1. The monoisotopic (exact) mass is 352 g/mol. The minimum Gasteiger partial charge on any atom is -0.492 e. The zero-order valence-electron chi connectivity index (χ0n) is 13.7. The molecule has 0 unspecified atom stereocenters. The highest BCUT2D eigenvalue weighted by atomic mass is 35.5. The molecule has 24 heavy (non-hydrogen) atoms. The van der Waals surface area contributed by atoms with Crippen LogP contribution in [0.25, 0.3) is 0 Å². The Morgan fingerprint density at radius 1 is 1.17 bits per heavy atom. The van der Waals surface area contributed by atoms with Gasteiger partial charge in [0.15, 0.2) is 0 Å². The van der Waals surface area contributed by atoms with E-state index in [0.717, 1.165) is 0 Å². The molecular formula is C18H22ClFN2O2. The van der Waals surface area contributed by atoms with Crippen LogP contribution in [0.3, 0.4) is 0 Å². The topological polar surface area (TPSA) is 64.3 Å². The first kappa shape index (κ1) is 19.9. The second-order valence-corrected chi connectivity index (χ2v) is 5.72. The maximum Gasteiger partial charge on any atom is 0.234 e. The summed E-state index contributed by atoms with van der Waals surface area (Å²) in [5, 5.41) is 2.81. The van der Waals surface area contributed by atoms with Crippen LogP contribution in [-0.4, -0.2) is 19.1 Å². The van der Waals surface area contributed by atoms with Crippen LogP contribution in [0.1, 0.15) is 19.4 Å². The van der Waals surface area contributed by atoms with Crippen LogP contribution >= 0.6 is 12.4 Å². The molecule has 0 bridgehead atoms. The van der Waals surface area contributed by atoms with E-state index in [-0.39, 0.29) is 18.3 Å². The van der Waals surface area contributed by atoms with Crippen LogP contribution in [-0.2, 0) is 10.2 Å². The molecule has 0 saturated heterocycles. The quantitative estimate of drug-likeness (QED) is 0.836. The van der Waals surface area contributed by atoms with Gasteiger partial charge < -0.3 is 15.8 Å². The zero-order valence-corrected chi connectivity index (χ0v) is 14.5. The number of hydrogen-bond donors (Lipinski definition) is 2. The SMILES string of the molecule is CC(C)(C(=O)Nc1ccc(OCCN)cc1)c1ccccc1F.Cl. The van der Waals surface area contributed by atoms with Gasteiger partial charge in [0.1, 0.15) is 18.2 Å². The summed E-state index contributed by atoms with van der Waals surface area (Å²) in [4.78, 5) is 12.5. The summed E-state index contributed by atoms with van der Waals surface area (Å²) in [6.45, 7) is 4.26. The van der Waals surface area contributed by atoms with Gasteiger partial charge in [-0.3, -0.25) is 4.79 Å². The van der Waals surface area contributed by atoms with E-state index in [0.29, 0.717) is 30.2 Å². The molecule has 0 fully saturated rings. The van der Waals surface area contributed by atoms with Crippen molar-refractivity contribution in [3.8, 4) is 5.75 Å². The van der Waals surface area contributed by atoms with Crippen molar-refractivity contribution < 1.29 is 13.9 Å². The summed E-state index contributed by atoms with van der Waals surface area (Å²) < 4.78 is 19.3. The van der Waals surface area contributed by atoms with E-state index in [2.05, 4.69) is 5.32 Å². The van der Waals surface area contributed by atoms with E-state index in [1.54, 1.807) is 56.3 Å². The maximum absolute atomic E-state index is 13.9. The van der Waals surface area contributed by atoms with Gasteiger partial charge in [-0.2, -0.15) is 0 Å². The van der Waals surface area contributed by atoms with Crippen LogP contribution in [0, 0.1) is 5.82 Å². The van der Waals surface area contributed by atoms with E-state index in [9.17, 15) is 9.18 Å². The Morgan fingerprint density at radius 2 is 1.79 bits per heavy atom. The first-order chi connectivity index (χ1) is 10.9. The van der Waals surface area contributed by atoms with Gasteiger partial charge in [0.25, 0.3) is 0 Å². The van der Waals surface area contributed by atoms with Gasteiger partial charge >= 0.3 is 0 Å². The second-order valence-electron chi connectivity index (χ2n) is 5.72. The van der Waals surface area contributed by atoms with Crippen molar-refractivity contribution >= 4 is 24.0 Å². The molecule has 2 aromatic rings. The molecule has 2 aromatic carbocycles. The van der Waals surface area contributed by atoms with Crippen LogP contribution in [0.4, 0.5) is 10.1 Å². The molecule has 1 amide bonds. The zero-order chi connectivity index (χ0) is 16.9. The molecule has 0 saturated carbocycles. The van der Waals surface area contributed by atoms with Gasteiger partial charge in [-0.1, -0.05) is 18.2 Å². The van der Waals surface area contributed by atoms with E-state index in [1.807, 2.05) is 0 Å². The number of rotatable bonds is 6. The molecule has 0 radical (unpaired) electrons. The summed E-state index contributed by atoms with van der Waals surface area (Å²) in [5.41, 5.74) is 5.37. The number of nitrogens with one attached hydrogen (secondary N) is 1. The molecule has 2 rings (SSSR count). The molecule has 0 spiro atoms. The standard InChI is InChI=1S/C18H21FN2O2.ClH/c1-18(2,15-5-3-4-6-16(15)19)17(22)21-13-7-9-14(10-8-13)23-12-11-20;/h3-10H,11-12,20H2,1-2H3,(H,21,22);1H. The third-order valence-corrected chi connectivity index (χ3v) is 3.61. The normalized spacial score (nSPS) is 10.7. The van der Waals surface area contributed by atoms with Crippen molar-refractivity contribution in [2.24, 2.45) is 5.73 Å². The molecule has 0 aliphatic carbocycles. The number of anilines is 1. The molecule has 4 nitrogen and oxygen atoms in total. The lowest BCUT2D eigenvalue weighted by atomic mass is 9.83. The molecule has 3 N–H and O–H groups in total. The third kappa shape index (κ3) is 4.69. The molecule has 0 aromatic heterocycles. The highest BCUT2D eigenvalue weighted by Gasteiger charge is 2.32. The van der Waals surface area contributed by atoms with E-state index in [4.69, 9.17) is 10.5 Å². The largest absolute Gasteiger partial charge is 0.492 e. The molecule has 0 heterocycles. The van der Waals surface area contributed by atoms with Crippen LogP contribution in [0.5, 0.6) is 5.75 Å². The van der Waals surface area contributed by atoms with Gasteiger partial charge in [0.05, 0.1) is 5.41 Å². The highest BCUT2D eigenvalue weighted by Crippen LogP contribution is 2.27. The number of hydrogen-bond acceptors (Lipinski definition) is 3. The predicted molar refractivity (Wildman–Crippen MR) is 96.3 cm³/mol. The Balaban J connectivity index is 0.00000288. The van der Waals surface area contributed by atoms with E-state index < -0.39 is 11.2 Å². The number of nitrogens with two attached hydrogens (primary N) is 1. The van der Waals surface area contributed by atoms with Crippen LogP contribution in [0.15, 0.2) is 48.5 Å². The molecule has 6 heteroatoms. The van der Waals surface area contributed by atoms with Crippen molar-refractivity contribution in [3.05, 3.63) is 59.9 Å². The summed E-state index contributed by atoms with van der Waals surface area (Å²) >= 11 is 0. The lowest BCUT2D eigenvalue weighted by molar-refractivity contribution is -0.120. The maximum atomic E-state index is 13.9. The lowest BCUT2D eigenvalue weighted by Crippen LogP contribution is -2.35. The first-order valence-corrected chi connectivity index (χ1v) is 7.44. The summed E-state index contributed by atoms with van der Waals surface area (Å²) in [6.07, 6.45) is 0. The summed E-state index contributed by atoms with van der Waals surface area (Å²) in [6, 6.07) is 13.3. The minimum absolute atomic E-state index is 0. The highest BCUT2D eigenvalue weighted by molar-refractivity contribution is 5.98. The average molecular weight is 353 g/mol. The Hall–Kier alpha value is -2.11. The Morgan fingerprint density at radius 3 is 2.38 bits per heavy atom. The Labute approximate surface area is 147 Å². The number of amides is 1. The average Bonchev–Trinajstić information content (AvgIpc) is 2.54. The van der Waals surface area contributed by atoms with Gasteiger partial charge in [-0.15, -0.1) is 12.4 Å². The molecule has 0 aliphatic heterocycles. The first-order valence-electron chi connectivity index (χ1n) is 7.44. The van der Waals surface area contributed by atoms with Crippen molar-refractivity contribution in [3.63, 3.8) is 0 Å². The fraction of sp³-hybridized carbons (Fsp3) is 0.278. The van der Waals surface area contributed by atoms with Gasteiger partial charge in [-0.25, -0.2) is 4.39 Å². The molecule has 0 atom stereocenters. The smallest absolute Gasteiger partial charge is 0.234 e. The molecule has 130 valence electrons. The van der Waals surface area contributed by atoms with Crippen molar-refractivity contribution in [2.45, 2.75) is 19.3 Å². The fourth-order valence-corrected chi connectivity index (χ4v) is 2.19. The van der Waals surface area contributed by atoms with Gasteiger partial charge in [-0.05, 0) is 44.2 Å². The fourth-order valence-electron chi connectivity index (χ4n) is 2.19. The molecule has 0 aliphatic rings. The number of benzene rings is 2. The number of carbonyl (C=O) groups is 1. The second kappa shape index (κ2) is 8.66. The third-order valence-electron chi connectivity index (χ3n) is 3.61. The van der Waals surface area contributed by atoms with Gasteiger partial charge in [0, 0.05) is 17.8 Å². The van der Waals surface area contributed by atoms with E-state index >= 15 is 0 Å².